The van der Waals surface area contributed by atoms with Gasteiger partial charge in [-0.15, -0.1) is 5.10 Å². The molecule has 0 bridgehead atoms. The van der Waals surface area contributed by atoms with Crippen LogP contribution in [0.15, 0.2) is 59.8 Å². The number of benzene rings is 2. The highest BCUT2D eigenvalue weighted by molar-refractivity contribution is 7.92. The van der Waals surface area contributed by atoms with E-state index in [4.69, 9.17) is 4.74 Å². The summed E-state index contributed by atoms with van der Waals surface area (Å²) in [5, 5.41) is 10.9. The Morgan fingerprint density at radius 1 is 1.13 bits per heavy atom. The molecule has 0 saturated carbocycles. The molecule has 0 spiro atoms. The monoisotopic (exact) mass is 331 g/mol. The maximum atomic E-state index is 12.4. The normalized spacial score (nSPS) is 11.2. The summed E-state index contributed by atoms with van der Waals surface area (Å²) in [7, 11) is -2.16. The molecule has 9 heteroatoms. The van der Waals surface area contributed by atoms with E-state index in [1.54, 1.807) is 36.4 Å². The largest absolute Gasteiger partial charge is 0.494 e. The molecular weight excluding hydrogens is 318 g/mol. The number of aromatic nitrogens is 4. The van der Waals surface area contributed by atoms with Crippen LogP contribution >= 0.6 is 0 Å². The molecule has 0 amide bonds. The lowest BCUT2D eigenvalue weighted by Crippen LogP contribution is -2.13. The van der Waals surface area contributed by atoms with Gasteiger partial charge in [-0.25, -0.2) is 8.42 Å². The predicted molar refractivity (Wildman–Crippen MR) is 83.0 cm³/mol. The van der Waals surface area contributed by atoms with Crippen LogP contribution in [0.1, 0.15) is 0 Å². The van der Waals surface area contributed by atoms with Crippen LogP contribution in [0.25, 0.3) is 5.69 Å². The predicted octanol–water partition coefficient (Wildman–Crippen LogP) is 1.47. The highest BCUT2D eigenvalue weighted by Crippen LogP contribution is 2.26. The third-order valence-corrected chi connectivity index (χ3v) is 4.48. The second-order valence-corrected chi connectivity index (χ2v) is 6.24. The molecular formula is C14H13N5O3S. The van der Waals surface area contributed by atoms with Crippen LogP contribution in [0.4, 0.5) is 5.69 Å². The first-order chi connectivity index (χ1) is 11.1. The van der Waals surface area contributed by atoms with Gasteiger partial charge in [0.05, 0.1) is 17.7 Å². The number of hydrogen-bond acceptors (Lipinski definition) is 6. The maximum absolute atomic E-state index is 12.4. The van der Waals surface area contributed by atoms with Crippen molar-refractivity contribution in [3.05, 3.63) is 54.9 Å². The van der Waals surface area contributed by atoms with Gasteiger partial charge in [0.1, 0.15) is 17.8 Å². The Morgan fingerprint density at radius 3 is 2.57 bits per heavy atom. The average Bonchev–Trinajstić information content (AvgIpc) is 3.09. The van der Waals surface area contributed by atoms with Crippen molar-refractivity contribution in [2.75, 3.05) is 11.8 Å². The van der Waals surface area contributed by atoms with E-state index in [2.05, 4.69) is 20.2 Å². The zero-order chi connectivity index (χ0) is 16.3. The molecule has 1 N–H and O–H groups in total. The molecule has 3 aromatic rings. The summed E-state index contributed by atoms with van der Waals surface area (Å²) in [5.41, 5.74) is 0.894. The highest BCUT2D eigenvalue weighted by atomic mass is 32.2. The second-order valence-electron chi connectivity index (χ2n) is 4.56. The smallest absolute Gasteiger partial charge is 0.261 e. The number of tetrazole rings is 1. The van der Waals surface area contributed by atoms with Crippen LogP contribution < -0.4 is 9.46 Å². The van der Waals surface area contributed by atoms with Crippen LogP contribution in [-0.2, 0) is 10.0 Å². The molecule has 8 nitrogen and oxygen atoms in total. The minimum atomic E-state index is -3.67. The molecule has 0 saturated heterocycles. The summed E-state index contributed by atoms with van der Waals surface area (Å²) in [6, 6.07) is 13.0. The Bertz CT molecular complexity index is 895. The molecule has 2 aromatic carbocycles. The minimum absolute atomic E-state index is 0.180. The van der Waals surface area contributed by atoms with Gasteiger partial charge in [-0.1, -0.05) is 18.2 Å². The van der Waals surface area contributed by atoms with Gasteiger partial charge in [0.25, 0.3) is 10.0 Å². The fourth-order valence-corrected chi connectivity index (χ4v) is 3.09. The van der Waals surface area contributed by atoms with Gasteiger partial charge in [-0.2, -0.15) is 4.68 Å². The Hall–Kier alpha value is -2.94. The molecule has 0 unspecified atom stereocenters. The topological polar surface area (TPSA) is 99.0 Å². The molecule has 0 fully saturated rings. The molecule has 0 aliphatic heterocycles. The molecule has 1 heterocycles. The van der Waals surface area contributed by atoms with E-state index in [1.165, 1.54) is 30.3 Å². The molecule has 0 aliphatic rings. The van der Waals surface area contributed by atoms with Crippen molar-refractivity contribution < 1.29 is 13.2 Å². The average molecular weight is 331 g/mol. The first-order valence-corrected chi connectivity index (χ1v) is 8.08. The van der Waals surface area contributed by atoms with Crippen molar-refractivity contribution in [3.63, 3.8) is 0 Å². The summed E-state index contributed by atoms with van der Waals surface area (Å²) < 4.78 is 33.9. The van der Waals surface area contributed by atoms with E-state index in [0.717, 1.165) is 0 Å². The van der Waals surface area contributed by atoms with Crippen molar-refractivity contribution in [1.82, 2.24) is 20.2 Å². The summed E-state index contributed by atoms with van der Waals surface area (Å²) >= 11 is 0. The number of methoxy groups -OCH3 is 1. The van der Waals surface area contributed by atoms with Gasteiger partial charge < -0.3 is 4.74 Å². The van der Waals surface area contributed by atoms with Gasteiger partial charge >= 0.3 is 0 Å². The fraction of sp³-hybridized carbons (Fsp3) is 0.0714. The number of nitrogens with one attached hydrogen (secondary N) is 1. The molecule has 0 atom stereocenters. The molecule has 0 aliphatic carbocycles. The van der Waals surface area contributed by atoms with Crippen molar-refractivity contribution in [2.24, 2.45) is 0 Å². The van der Waals surface area contributed by atoms with Crippen LogP contribution in [0, 0.1) is 0 Å². The lowest BCUT2D eigenvalue weighted by molar-refractivity contribution is 0.411. The first-order valence-electron chi connectivity index (χ1n) is 6.59. The van der Waals surface area contributed by atoms with Crippen molar-refractivity contribution in [2.45, 2.75) is 4.90 Å². The van der Waals surface area contributed by atoms with Gasteiger partial charge in [-0.05, 0) is 40.8 Å². The third kappa shape index (κ3) is 3.14. The quantitative estimate of drug-likeness (QED) is 0.760. The number of rotatable bonds is 5. The van der Waals surface area contributed by atoms with Gasteiger partial charge in [0, 0.05) is 0 Å². The number of nitrogens with zero attached hydrogens (tertiary/aromatic N) is 4. The second kappa shape index (κ2) is 6.05. The lowest BCUT2D eigenvalue weighted by atomic mass is 10.2. The Labute approximate surface area is 132 Å². The summed E-state index contributed by atoms with van der Waals surface area (Å²) in [4.78, 5) is 0.180. The Kier molecular flexibility index (Phi) is 3.94. The van der Waals surface area contributed by atoms with E-state index >= 15 is 0 Å². The highest BCUT2D eigenvalue weighted by Gasteiger charge is 2.15. The molecule has 3 rings (SSSR count). The summed E-state index contributed by atoms with van der Waals surface area (Å²) in [6.45, 7) is 0. The van der Waals surface area contributed by atoms with Crippen molar-refractivity contribution >= 4 is 15.7 Å². The third-order valence-electron chi connectivity index (χ3n) is 3.08. The van der Waals surface area contributed by atoms with E-state index in [0.29, 0.717) is 17.1 Å². The SMILES string of the molecule is COc1ccc(NS(=O)(=O)c2ccccc2)cc1-n1cnnn1. The number of ether oxygens (including phenoxy) is 1. The van der Waals surface area contributed by atoms with Crippen molar-refractivity contribution in [1.29, 1.82) is 0 Å². The van der Waals surface area contributed by atoms with Crippen LogP contribution in [0.2, 0.25) is 0 Å². The number of hydrogen-bond donors (Lipinski definition) is 1. The zero-order valence-corrected chi connectivity index (χ0v) is 12.9. The van der Waals surface area contributed by atoms with Crippen LogP contribution in [-0.4, -0.2) is 35.7 Å². The zero-order valence-electron chi connectivity index (χ0n) is 12.1. The van der Waals surface area contributed by atoms with Gasteiger partial charge in [-0.3, -0.25) is 4.72 Å². The fourth-order valence-electron chi connectivity index (χ4n) is 2.02. The van der Waals surface area contributed by atoms with Crippen LogP contribution in [0.3, 0.4) is 0 Å². The standard InChI is InChI=1S/C14H13N5O3S/c1-22-14-8-7-11(9-13(14)19-10-15-17-18-19)16-23(20,21)12-5-3-2-4-6-12/h2-10,16H,1H3. The molecule has 0 radical (unpaired) electrons. The van der Waals surface area contributed by atoms with Gasteiger partial charge in [0.2, 0.25) is 0 Å². The Morgan fingerprint density at radius 2 is 1.91 bits per heavy atom. The summed E-state index contributed by atoms with van der Waals surface area (Å²) in [6.07, 6.45) is 1.40. The molecule has 23 heavy (non-hydrogen) atoms. The van der Waals surface area contributed by atoms with Crippen LogP contribution in [0.5, 0.6) is 5.75 Å². The molecule has 118 valence electrons. The number of anilines is 1. The van der Waals surface area contributed by atoms with E-state index in [-0.39, 0.29) is 4.90 Å². The first kappa shape index (κ1) is 15.0. The van der Waals surface area contributed by atoms with E-state index in [1.807, 2.05) is 0 Å². The van der Waals surface area contributed by atoms with E-state index < -0.39 is 10.0 Å². The molecule has 1 aromatic heterocycles. The minimum Gasteiger partial charge on any atom is -0.494 e. The van der Waals surface area contributed by atoms with E-state index in [9.17, 15) is 8.42 Å². The van der Waals surface area contributed by atoms with Crippen molar-refractivity contribution in [3.8, 4) is 11.4 Å². The Balaban J connectivity index is 1.97. The maximum Gasteiger partial charge on any atom is 0.261 e. The van der Waals surface area contributed by atoms with Gasteiger partial charge in [0.15, 0.2) is 0 Å². The summed E-state index contributed by atoms with van der Waals surface area (Å²) in [5.74, 6) is 0.514. The lowest BCUT2D eigenvalue weighted by Gasteiger charge is -2.12. The number of sulfonamides is 1.